The molecule has 6 heteroatoms. The van der Waals surface area contributed by atoms with Gasteiger partial charge in [-0.05, 0) is 42.8 Å². The molecular formula is C21H16FN5. The minimum absolute atomic E-state index is 0.199. The third kappa shape index (κ3) is 2.83. The lowest BCUT2D eigenvalue weighted by atomic mass is 9.79. The molecule has 0 bridgehead atoms. The van der Waals surface area contributed by atoms with Gasteiger partial charge in [-0.15, -0.1) is 0 Å². The second-order valence-corrected chi connectivity index (χ2v) is 6.38. The van der Waals surface area contributed by atoms with Gasteiger partial charge in [-0.3, -0.25) is 15.0 Å². The third-order valence-electron chi connectivity index (χ3n) is 4.81. The van der Waals surface area contributed by atoms with Crippen LogP contribution in [-0.4, -0.2) is 21.8 Å². The summed E-state index contributed by atoms with van der Waals surface area (Å²) in [4.78, 5) is 13.4. The number of aromatic nitrogens is 2. The van der Waals surface area contributed by atoms with E-state index >= 15 is 0 Å². The molecular weight excluding hydrogens is 341 g/mol. The van der Waals surface area contributed by atoms with E-state index < -0.39 is 5.54 Å². The molecule has 0 saturated heterocycles. The summed E-state index contributed by atoms with van der Waals surface area (Å²) in [6.45, 7) is 1.99. The van der Waals surface area contributed by atoms with E-state index in [1.165, 1.54) is 12.1 Å². The van der Waals surface area contributed by atoms with E-state index in [2.05, 4.69) is 21.4 Å². The number of nitriles is 1. The molecule has 0 spiro atoms. The average molecular weight is 357 g/mol. The summed E-state index contributed by atoms with van der Waals surface area (Å²) in [6.07, 6.45) is 5.08. The Balaban J connectivity index is 1.84. The van der Waals surface area contributed by atoms with Gasteiger partial charge in [-0.2, -0.15) is 5.26 Å². The van der Waals surface area contributed by atoms with Gasteiger partial charge in [0.2, 0.25) is 0 Å². The molecule has 1 aliphatic rings. The predicted octanol–water partition coefficient (Wildman–Crippen LogP) is 3.17. The molecule has 2 atom stereocenters. The predicted molar refractivity (Wildman–Crippen MR) is 99.5 cm³/mol. The Morgan fingerprint density at radius 1 is 1.11 bits per heavy atom. The van der Waals surface area contributed by atoms with Gasteiger partial charge in [0.05, 0.1) is 17.7 Å². The molecule has 0 aliphatic carbocycles. The SMILES string of the molecule is C[C@@H]1N=C(c2cc(C#N)ccn2)N[C@@]1(c1ccc(F)cc1)c1cccnc1. The molecule has 4 rings (SSSR count). The van der Waals surface area contributed by atoms with Gasteiger partial charge in [0.1, 0.15) is 22.9 Å². The van der Waals surface area contributed by atoms with Crippen LogP contribution in [0.2, 0.25) is 0 Å². The maximum Gasteiger partial charge on any atom is 0.148 e. The molecule has 1 aromatic carbocycles. The Kier molecular flexibility index (Phi) is 4.13. The fourth-order valence-corrected chi connectivity index (χ4v) is 3.48. The van der Waals surface area contributed by atoms with E-state index in [1.54, 1.807) is 42.9 Å². The molecule has 3 heterocycles. The monoisotopic (exact) mass is 357 g/mol. The van der Waals surface area contributed by atoms with Crippen LogP contribution in [0.15, 0.2) is 72.1 Å². The molecule has 1 N–H and O–H groups in total. The normalized spacial score (nSPS) is 21.2. The zero-order chi connectivity index (χ0) is 18.9. The molecule has 132 valence electrons. The van der Waals surface area contributed by atoms with Crippen molar-refractivity contribution in [1.29, 1.82) is 5.26 Å². The number of hydrogen-bond acceptors (Lipinski definition) is 5. The smallest absolute Gasteiger partial charge is 0.148 e. The van der Waals surface area contributed by atoms with Crippen LogP contribution in [0.3, 0.4) is 0 Å². The van der Waals surface area contributed by atoms with Crippen molar-refractivity contribution in [2.24, 2.45) is 4.99 Å². The first kappa shape index (κ1) is 16.9. The summed E-state index contributed by atoms with van der Waals surface area (Å²) >= 11 is 0. The van der Waals surface area contributed by atoms with Crippen LogP contribution < -0.4 is 5.32 Å². The molecule has 27 heavy (non-hydrogen) atoms. The van der Waals surface area contributed by atoms with Crippen molar-refractivity contribution in [2.45, 2.75) is 18.5 Å². The Bertz CT molecular complexity index is 1040. The van der Waals surface area contributed by atoms with Crippen LogP contribution in [0.4, 0.5) is 4.39 Å². The van der Waals surface area contributed by atoms with E-state index in [0.717, 1.165) is 11.1 Å². The largest absolute Gasteiger partial charge is 0.353 e. The van der Waals surface area contributed by atoms with Crippen LogP contribution in [0.25, 0.3) is 0 Å². The van der Waals surface area contributed by atoms with E-state index in [-0.39, 0.29) is 11.9 Å². The number of rotatable bonds is 3. The Morgan fingerprint density at radius 3 is 2.63 bits per heavy atom. The molecule has 1 aliphatic heterocycles. The maximum atomic E-state index is 13.5. The van der Waals surface area contributed by atoms with Gasteiger partial charge < -0.3 is 5.32 Å². The summed E-state index contributed by atoms with van der Waals surface area (Å²) in [6, 6.07) is 15.5. The molecule has 0 radical (unpaired) electrons. The molecule has 0 saturated carbocycles. The highest BCUT2D eigenvalue weighted by atomic mass is 19.1. The summed E-state index contributed by atoms with van der Waals surface area (Å²) < 4.78 is 13.5. The van der Waals surface area contributed by atoms with Crippen molar-refractivity contribution in [3.8, 4) is 6.07 Å². The number of nitrogens with zero attached hydrogens (tertiary/aromatic N) is 4. The lowest BCUT2D eigenvalue weighted by molar-refractivity contribution is 0.432. The number of amidine groups is 1. The Morgan fingerprint density at radius 2 is 1.93 bits per heavy atom. The first-order valence-electron chi connectivity index (χ1n) is 8.52. The first-order chi connectivity index (χ1) is 13.1. The van der Waals surface area contributed by atoms with E-state index in [9.17, 15) is 4.39 Å². The van der Waals surface area contributed by atoms with Gasteiger partial charge in [-0.25, -0.2) is 4.39 Å². The fourth-order valence-electron chi connectivity index (χ4n) is 3.48. The standard InChI is InChI=1S/C21H16FN5/c1-14-21(17-3-2-9-24-13-17,16-4-6-18(22)7-5-16)27-20(26-14)19-11-15(12-23)8-10-25-19/h2-11,13-14H,1H3,(H,26,27)/t14-,21-/m0/s1. The van der Waals surface area contributed by atoms with Crippen molar-refractivity contribution < 1.29 is 4.39 Å². The minimum atomic E-state index is -0.707. The molecule has 2 aromatic heterocycles. The number of benzene rings is 1. The van der Waals surface area contributed by atoms with Gasteiger partial charge in [0.15, 0.2) is 0 Å². The van der Waals surface area contributed by atoms with E-state index in [4.69, 9.17) is 10.3 Å². The van der Waals surface area contributed by atoms with E-state index in [0.29, 0.717) is 17.1 Å². The number of hydrogen-bond donors (Lipinski definition) is 1. The number of pyridine rings is 2. The highest BCUT2D eigenvalue weighted by Crippen LogP contribution is 2.38. The second kappa shape index (κ2) is 6.61. The zero-order valence-corrected chi connectivity index (χ0v) is 14.6. The van der Waals surface area contributed by atoms with Gasteiger partial charge >= 0.3 is 0 Å². The second-order valence-electron chi connectivity index (χ2n) is 6.38. The van der Waals surface area contributed by atoms with Crippen molar-refractivity contribution in [1.82, 2.24) is 15.3 Å². The van der Waals surface area contributed by atoms with E-state index in [1.807, 2.05) is 19.1 Å². The lowest BCUT2D eigenvalue weighted by Gasteiger charge is -2.34. The van der Waals surface area contributed by atoms with Crippen LogP contribution in [0.5, 0.6) is 0 Å². The summed E-state index contributed by atoms with van der Waals surface area (Å²) in [5.41, 5.74) is 2.19. The number of nitrogens with one attached hydrogen (secondary N) is 1. The lowest BCUT2D eigenvalue weighted by Crippen LogP contribution is -2.48. The van der Waals surface area contributed by atoms with Crippen LogP contribution in [-0.2, 0) is 5.54 Å². The quantitative estimate of drug-likeness (QED) is 0.781. The fraction of sp³-hybridized carbons (Fsp3) is 0.143. The summed E-state index contributed by atoms with van der Waals surface area (Å²) in [5, 5.41) is 12.6. The van der Waals surface area contributed by atoms with Gasteiger partial charge in [0.25, 0.3) is 0 Å². The van der Waals surface area contributed by atoms with Gasteiger partial charge in [-0.1, -0.05) is 18.2 Å². The Labute approximate surface area is 156 Å². The zero-order valence-electron chi connectivity index (χ0n) is 14.6. The number of aliphatic imine (C=N–C) groups is 1. The third-order valence-corrected chi connectivity index (χ3v) is 4.81. The van der Waals surface area contributed by atoms with Crippen LogP contribution in [0.1, 0.15) is 29.3 Å². The molecule has 0 amide bonds. The highest BCUT2D eigenvalue weighted by Gasteiger charge is 2.45. The summed E-state index contributed by atoms with van der Waals surface area (Å²) in [5.74, 6) is 0.294. The highest BCUT2D eigenvalue weighted by molar-refractivity contribution is 6.00. The molecule has 0 fully saturated rings. The maximum absolute atomic E-state index is 13.5. The van der Waals surface area contributed by atoms with Crippen molar-refractivity contribution in [3.63, 3.8) is 0 Å². The first-order valence-corrected chi connectivity index (χ1v) is 8.52. The van der Waals surface area contributed by atoms with Crippen LogP contribution in [0, 0.1) is 17.1 Å². The number of halogens is 1. The van der Waals surface area contributed by atoms with Crippen molar-refractivity contribution >= 4 is 5.84 Å². The van der Waals surface area contributed by atoms with Crippen molar-refractivity contribution in [2.75, 3.05) is 0 Å². The van der Waals surface area contributed by atoms with Gasteiger partial charge in [0, 0.05) is 24.2 Å². The summed E-state index contributed by atoms with van der Waals surface area (Å²) in [7, 11) is 0. The molecule has 0 unspecified atom stereocenters. The molecule has 5 nitrogen and oxygen atoms in total. The topological polar surface area (TPSA) is 74.0 Å². The minimum Gasteiger partial charge on any atom is -0.353 e. The van der Waals surface area contributed by atoms with Crippen molar-refractivity contribution in [3.05, 3.63) is 95.3 Å². The molecule has 3 aromatic rings. The Hall–Kier alpha value is -3.59. The van der Waals surface area contributed by atoms with Crippen LogP contribution >= 0.6 is 0 Å². The average Bonchev–Trinajstić information content (AvgIpc) is 3.07.